The predicted octanol–water partition coefficient (Wildman–Crippen LogP) is 3.38. The molecule has 3 heterocycles. The third kappa shape index (κ3) is 3.76. The number of rotatable bonds is 5. The van der Waals surface area contributed by atoms with E-state index >= 15 is 0 Å². The number of sulfone groups is 1. The maximum Gasteiger partial charge on any atom is 0.247 e. The van der Waals surface area contributed by atoms with Gasteiger partial charge in [-0.25, -0.2) is 27.2 Å². The third-order valence-electron chi connectivity index (χ3n) is 5.57. The molecule has 1 fully saturated rings. The zero-order valence-electron chi connectivity index (χ0n) is 16.6. The molecule has 1 aromatic carbocycles. The molecule has 0 N–H and O–H groups in total. The standard InChI is InChI=1S/C21H19F2N5O2S/c1-31(29,30)21-25-7-6-16(26-21)19-18(14-5-4-13(22)11-15(14)23)27-20-17(10-12-2-3-12)24-8-9-28(19)20/h4-9,11-12,18-19H,2-3,10H2,1H3. The van der Waals surface area contributed by atoms with Gasteiger partial charge in [-0.15, -0.1) is 0 Å². The van der Waals surface area contributed by atoms with E-state index in [9.17, 15) is 17.2 Å². The van der Waals surface area contributed by atoms with Gasteiger partial charge in [-0.2, -0.15) is 0 Å². The number of nitrogens with zero attached hydrogens (tertiary/aromatic N) is 5. The molecule has 3 aliphatic rings. The first kappa shape index (κ1) is 19.9. The summed E-state index contributed by atoms with van der Waals surface area (Å²) < 4.78 is 52.3. The van der Waals surface area contributed by atoms with Crippen LogP contribution in [0.4, 0.5) is 8.78 Å². The molecule has 0 amide bonds. The topological polar surface area (TPSA) is 87.9 Å². The number of benzene rings is 1. The highest BCUT2D eigenvalue weighted by Gasteiger charge is 2.43. The second-order valence-electron chi connectivity index (χ2n) is 7.97. The van der Waals surface area contributed by atoms with Crippen molar-refractivity contribution in [1.82, 2.24) is 14.9 Å². The minimum absolute atomic E-state index is 0.201. The molecule has 7 nitrogen and oxygen atoms in total. The van der Waals surface area contributed by atoms with Gasteiger partial charge in [-0.1, -0.05) is 6.07 Å². The Morgan fingerprint density at radius 1 is 1.19 bits per heavy atom. The van der Waals surface area contributed by atoms with Crippen LogP contribution in [-0.4, -0.2) is 41.1 Å². The Hall–Kier alpha value is -3.01. The summed E-state index contributed by atoms with van der Waals surface area (Å²) in [6.45, 7) is 0. The summed E-state index contributed by atoms with van der Waals surface area (Å²) in [6, 6.07) is 3.58. The van der Waals surface area contributed by atoms with Gasteiger partial charge in [0.15, 0.2) is 5.84 Å². The lowest BCUT2D eigenvalue weighted by molar-refractivity contribution is 0.376. The van der Waals surface area contributed by atoms with Crippen LogP contribution < -0.4 is 0 Å². The fourth-order valence-corrected chi connectivity index (χ4v) is 4.44. The molecule has 0 saturated heterocycles. The quantitative estimate of drug-likeness (QED) is 0.661. The molecule has 1 aromatic heterocycles. The molecule has 5 rings (SSSR count). The van der Waals surface area contributed by atoms with Crippen molar-refractivity contribution in [2.24, 2.45) is 15.9 Å². The second-order valence-corrected chi connectivity index (χ2v) is 9.88. The lowest BCUT2D eigenvalue weighted by Crippen LogP contribution is -2.34. The Morgan fingerprint density at radius 2 is 2.00 bits per heavy atom. The molecule has 160 valence electrons. The first-order valence-electron chi connectivity index (χ1n) is 9.89. The fourth-order valence-electron chi connectivity index (χ4n) is 3.91. The molecule has 0 spiro atoms. The van der Waals surface area contributed by atoms with Crippen LogP contribution in [0.15, 0.2) is 58.0 Å². The predicted molar refractivity (Wildman–Crippen MR) is 110 cm³/mol. The van der Waals surface area contributed by atoms with Crippen LogP contribution in [0.2, 0.25) is 0 Å². The van der Waals surface area contributed by atoms with Gasteiger partial charge in [0, 0.05) is 36.5 Å². The summed E-state index contributed by atoms with van der Waals surface area (Å²) in [5.74, 6) is -0.238. The summed E-state index contributed by atoms with van der Waals surface area (Å²) in [5, 5.41) is -0.315. The summed E-state index contributed by atoms with van der Waals surface area (Å²) in [5.41, 5.74) is 1.38. The molecule has 1 saturated carbocycles. The number of halogens is 2. The molecule has 0 radical (unpaired) electrons. The largest absolute Gasteiger partial charge is 0.319 e. The molecule has 10 heteroatoms. The Labute approximate surface area is 178 Å². The van der Waals surface area contributed by atoms with E-state index in [1.165, 1.54) is 18.3 Å². The monoisotopic (exact) mass is 443 g/mol. The van der Waals surface area contributed by atoms with E-state index in [4.69, 9.17) is 4.99 Å². The van der Waals surface area contributed by atoms with Crippen LogP contribution in [0.1, 0.15) is 42.6 Å². The van der Waals surface area contributed by atoms with Gasteiger partial charge in [-0.3, -0.25) is 9.98 Å². The third-order valence-corrected chi connectivity index (χ3v) is 6.43. The van der Waals surface area contributed by atoms with Crippen LogP contribution in [0.5, 0.6) is 0 Å². The maximum absolute atomic E-state index is 14.8. The molecule has 2 atom stereocenters. The Kier molecular flexibility index (Phi) is 4.69. The molecule has 31 heavy (non-hydrogen) atoms. The number of hydrogen-bond acceptors (Lipinski definition) is 7. The van der Waals surface area contributed by atoms with Gasteiger partial charge >= 0.3 is 0 Å². The van der Waals surface area contributed by atoms with E-state index in [1.54, 1.807) is 18.5 Å². The fraction of sp³-hybridized carbons (Fsp3) is 0.333. The van der Waals surface area contributed by atoms with Crippen molar-refractivity contribution in [3.63, 3.8) is 0 Å². The normalized spacial score (nSPS) is 22.9. The van der Waals surface area contributed by atoms with Gasteiger partial charge in [0.1, 0.15) is 23.7 Å². The smallest absolute Gasteiger partial charge is 0.247 e. The van der Waals surface area contributed by atoms with Crippen molar-refractivity contribution in [2.75, 3.05) is 6.26 Å². The molecule has 2 aliphatic heterocycles. The first-order chi connectivity index (χ1) is 14.8. The first-order valence-corrected chi connectivity index (χ1v) is 11.8. The Balaban J connectivity index is 1.63. The summed E-state index contributed by atoms with van der Waals surface area (Å²) in [4.78, 5) is 19.2. The van der Waals surface area contributed by atoms with E-state index in [2.05, 4.69) is 15.0 Å². The van der Waals surface area contributed by atoms with E-state index < -0.39 is 33.6 Å². The second kappa shape index (κ2) is 7.30. The van der Waals surface area contributed by atoms with Crippen molar-refractivity contribution in [3.05, 3.63) is 65.8 Å². The van der Waals surface area contributed by atoms with Crippen molar-refractivity contribution in [2.45, 2.75) is 36.5 Å². The maximum atomic E-state index is 14.8. The van der Waals surface area contributed by atoms with Crippen molar-refractivity contribution >= 4 is 21.4 Å². The molecule has 0 bridgehead atoms. The Morgan fingerprint density at radius 3 is 2.71 bits per heavy atom. The minimum atomic E-state index is -3.64. The molecule has 1 aliphatic carbocycles. The van der Waals surface area contributed by atoms with Gasteiger partial charge in [0.25, 0.3) is 0 Å². The van der Waals surface area contributed by atoms with E-state index in [-0.39, 0.29) is 10.7 Å². The van der Waals surface area contributed by atoms with Crippen molar-refractivity contribution in [3.8, 4) is 0 Å². The minimum Gasteiger partial charge on any atom is -0.319 e. The number of aliphatic imine (C=N–C) groups is 2. The van der Waals surface area contributed by atoms with Gasteiger partial charge in [0.2, 0.25) is 15.0 Å². The Bertz CT molecular complexity index is 1250. The van der Waals surface area contributed by atoms with Crippen molar-refractivity contribution < 1.29 is 17.2 Å². The van der Waals surface area contributed by atoms with Gasteiger partial charge in [0.05, 0.1) is 11.4 Å². The SMILES string of the molecule is CS(=O)(=O)c1nccc(C2C(c3ccc(F)cc3F)N=C3C(CC4CC4)=NC=CN32)n1. The number of hydrogen-bond donors (Lipinski definition) is 0. The lowest BCUT2D eigenvalue weighted by atomic mass is 9.96. The highest BCUT2D eigenvalue weighted by atomic mass is 32.2. The highest BCUT2D eigenvalue weighted by molar-refractivity contribution is 7.90. The van der Waals surface area contributed by atoms with Crippen LogP contribution in [0.25, 0.3) is 0 Å². The zero-order valence-corrected chi connectivity index (χ0v) is 17.4. The molecular formula is C21H19F2N5O2S. The summed E-state index contributed by atoms with van der Waals surface area (Å²) in [7, 11) is -3.64. The number of amidine groups is 1. The van der Waals surface area contributed by atoms with Crippen LogP contribution in [0, 0.1) is 17.6 Å². The molecule has 2 unspecified atom stereocenters. The average Bonchev–Trinajstić information content (AvgIpc) is 3.45. The summed E-state index contributed by atoms with van der Waals surface area (Å²) >= 11 is 0. The highest BCUT2D eigenvalue weighted by Crippen LogP contribution is 2.44. The molecular weight excluding hydrogens is 424 g/mol. The van der Waals surface area contributed by atoms with Crippen molar-refractivity contribution in [1.29, 1.82) is 0 Å². The summed E-state index contributed by atoms with van der Waals surface area (Å²) in [6.07, 6.45) is 8.82. The van der Waals surface area contributed by atoms with Gasteiger partial charge in [-0.05, 0) is 37.3 Å². The molecule has 2 aromatic rings. The van der Waals surface area contributed by atoms with E-state index in [0.717, 1.165) is 37.3 Å². The van der Waals surface area contributed by atoms with Crippen LogP contribution in [0.3, 0.4) is 0 Å². The van der Waals surface area contributed by atoms with Crippen LogP contribution >= 0.6 is 0 Å². The zero-order chi connectivity index (χ0) is 21.8. The van der Waals surface area contributed by atoms with E-state index in [1.807, 2.05) is 4.90 Å². The lowest BCUT2D eigenvalue weighted by Gasteiger charge is -2.29. The van der Waals surface area contributed by atoms with Crippen LogP contribution in [-0.2, 0) is 9.84 Å². The number of fused-ring (bicyclic) bond motifs is 1. The average molecular weight is 443 g/mol. The van der Waals surface area contributed by atoms with E-state index in [0.29, 0.717) is 17.4 Å². The number of aromatic nitrogens is 2. The van der Waals surface area contributed by atoms with Gasteiger partial charge < -0.3 is 4.90 Å².